The second-order valence-corrected chi connectivity index (χ2v) is 10.5. The van der Waals surface area contributed by atoms with Crippen LogP contribution < -0.4 is 15.6 Å². The van der Waals surface area contributed by atoms with Crippen LogP contribution in [-0.4, -0.2) is 72.9 Å². The average molecular weight is 551 g/mol. The highest BCUT2D eigenvalue weighted by atomic mass is 32.2. The lowest BCUT2D eigenvalue weighted by molar-refractivity contribution is -0.689. The Labute approximate surface area is 219 Å². The largest absolute Gasteiger partial charge is 0.477 e. The predicted octanol–water partition coefficient (Wildman–Crippen LogP) is 0.450. The molecule has 12 nitrogen and oxygen atoms in total. The molecular formula is C21H24N7O5S3+. The molecule has 2 atom stereocenters. The third-order valence-electron chi connectivity index (χ3n) is 5.29. The zero-order valence-electron chi connectivity index (χ0n) is 19.4. The summed E-state index contributed by atoms with van der Waals surface area (Å²) in [6.45, 7) is 2.24. The van der Waals surface area contributed by atoms with Crippen molar-refractivity contribution < 1.29 is 28.9 Å². The van der Waals surface area contributed by atoms with Crippen molar-refractivity contribution in [1.29, 1.82) is 0 Å². The lowest BCUT2D eigenvalue weighted by Crippen LogP contribution is -2.71. The van der Waals surface area contributed by atoms with Crippen LogP contribution in [0.3, 0.4) is 0 Å². The van der Waals surface area contributed by atoms with Gasteiger partial charge < -0.3 is 21.0 Å². The number of rotatable bonds is 10. The summed E-state index contributed by atoms with van der Waals surface area (Å²) >= 11 is 3.98. The maximum atomic E-state index is 13.0. The molecule has 0 saturated carbocycles. The molecule has 36 heavy (non-hydrogen) atoms. The van der Waals surface area contributed by atoms with Gasteiger partial charge in [-0.05, 0) is 19.2 Å². The van der Waals surface area contributed by atoms with Gasteiger partial charge in [-0.2, -0.15) is 21.1 Å². The van der Waals surface area contributed by atoms with Crippen molar-refractivity contribution in [2.24, 2.45) is 5.16 Å². The Hall–Kier alpha value is -3.17. The first-order valence-corrected chi connectivity index (χ1v) is 14.0. The highest BCUT2D eigenvalue weighted by Crippen LogP contribution is 2.40. The second kappa shape index (κ2) is 11.3. The fourth-order valence-corrected chi connectivity index (χ4v) is 6.08. The molecule has 0 spiro atoms. The molecule has 2 aliphatic rings. The molecule has 0 aliphatic carbocycles. The van der Waals surface area contributed by atoms with E-state index in [9.17, 15) is 19.5 Å². The van der Waals surface area contributed by atoms with Crippen molar-refractivity contribution in [3.8, 4) is 0 Å². The van der Waals surface area contributed by atoms with Gasteiger partial charge in [-0.1, -0.05) is 5.16 Å². The quantitative estimate of drug-likeness (QED) is 0.164. The maximum Gasteiger partial charge on any atom is 0.352 e. The van der Waals surface area contributed by atoms with E-state index in [-0.39, 0.29) is 29.0 Å². The average Bonchev–Trinajstić information content (AvgIpc) is 3.28. The zero-order valence-corrected chi connectivity index (χ0v) is 21.9. The van der Waals surface area contributed by atoms with E-state index in [1.54, 1.807) is 18.7 Å². The number of carboxylic acids is 1. The van der Waals surface area contributed by atoms with Crippen molar-refractivity contribution in [1.82, 2.24) is 19.6 Å². The van der Waals surface area contributed by atoms with Crippen LogP contribution in [0.4, 0.5) is 5.13 Å². The van der Waals surface area contributed by atoms with Crippen LogP contribution in [0.5, 0.6) is 0 Å². The molecule has 2 aromatic rings. The first kappa shape index (κ1) is 25.9. The normalized spacial score (nSPS) is 19.6. The van der Waals surface area contributed by atoms with Gasteiger partial charge in [-0.25, -0.2) is 9.36 Å². The number of β-lactam (4-membered cyclic amide) rings is 1. The Morgan fingerprint density at radius 2 is 2.28 bits per heavy atom. The van der Waals surface area contributed by atoms with Crippen molar-refractivity contribution in [2.45, 2.75) is 30.6 Å². The van der Waals surface area contributed by atoms with E-state index in [4.69, 9.17) is 10.6 Å². The molecule has 2 aromatic heterocycles. The predicted molar refractivity (Wildman–Crippen MR) is 136 cm³/mol. The third-order valence-corrected chi connectivity index (χ3v) is 7.80. The number of amides is 2. The molecule has 1 fully saturated rings. The highest BCUT2D eigenvalue weighted by Gasteiger charge is 2.54. The number of carbonyl (C=O) groups excluding carboxylic acids is 2. The minimum Gasteiger partial charge on any atom is -0.477 e. The smallest absolute Gasteiger partial charge is 0.352 e. The second-order valence-electron chi connectivity index (χ2n) is 7.75. The highest BCUT2D eigenvalue weighted by molar-refractivity contribution is 8.00. The van der Waals surface area contributed by atoms with Crippen LogP contribution >= 0.6 is 35.1 Å². The number of pyridine rings is 1. The Balaban J connectivity index is 1.52. The van der Waals surface area contributed by atoms with Crippen LogP contribution in [-0.2, 0) is 31.5 Å². The zero-order chi connectivity index (χ0) is 25.8. The molecule has 0 aromatic carbocycles. The van der Waals surface area contributed by atoms with Crippen LogP contribution in [0.15, 0.2) is 41.0 Å². The van der Waals surface area contributed by atoms with Crippen molar-refractivity contribution in [3.05, 3.63) is 47.2 Å². The molecule has 15 heteroatoms. The van der Waals surface area contributed by atoms with Gasteiger partial charge in [0.2, 0.25) is 11.5 Å². The van der Waals surface area contributed by atoms with Gasteiger partial charge in [0.25, 0.3) is 11.8 Å². The van der Waals surface area contributed by atoms with Crippen LogP contribution in [0.25, 0.3) is 0 Å². The van der Waals surface area contributed by atoms with Crippen molar-refractivity contribution in [2.75, 3.05) is 24.3 Å². The SMILES string of the molecule is CCO/N=C(\C(=O)NC1C(=O)N2C(C(=O)O)=C(C[n+]3cccc(CSC)c3)CS[C@H]12)c1nsc(N)n1. The van der Waals surface area contributed by atoms with Gasteiger partial charge in [0.15, 0.2) is 24.1 Å². The molecule has 1 unspecified atom stereocenters. The minimum atomic E-state index is -1.19. The molecular weight excluding hydrogens is 526 g/mol. The van der Waals surface area contributed by atoms with E-state index in [0.717, 1.165) is 22.8 Å². The number of carboxylic acid groups (broad SMARTS) is 1. The maximum absolute atomic E-state index is 13.0. The summed E-state index contributed by atoms with van der Waals surface area (Å²) in [5.74, 6) is -1.20. The number of nitrogen functional groups attached to an aromatic ring is 1. The van der Waals surface area contributed by atoms with Crippen LogP contribution in [0.2, 0.25) is 0 Å². The summed E-state index contributed by atoms with van der Waals surface area (Å²) in [4.78, 5) is 48.4. The van der Waals surface area contributed by atoms with Crippen LogP contribution in [0.1, 0.15) is 18.3 Å². The fraction of sp³-hybridized carbons (Fsp3) is 0.381. The van der Waals surface area contributed by atoms with E-state index in [0.29, 0.717) is 17.9 Å². The summed E-state index contributed by atoms with van der Waals surface area (Å²) in [6.07, 6.45) is 5.85. The molecule has 4 heterocycles. The number of thioether (sulfide) groups is 2. The van der Waals surface area contributed by atoms with E-state index in [1.807, 2.05) is 35.3 Å². The summed E-state index contributed by atoms with van der Waals surface area (Å²) in [5, 5.41) is 15.9. The number of fused-ring (bicyclic) bond motifs is 1. The number of anilines is 1. The Bertz CT molecular complexity index is 1250. The lowest BCUT2D eigenvalue weighted by Gasteiger charge is -2.49. The third kappa shape index (κ3) is 5.32. The van der Waals surface area contributed by atoms with E-state index in [1.165, 1.54) is 16.7 Å². The van der Waals surface area contributed by atoms with Gasteiger partial charge in [0.1, 0.15) is 23.7 Å². The van der Waals surface area contributed by atoms with E-state index < -0.39 is 29.2 Å². The summed E-state index contributed by atoms with van der Waals surface area (Å²) in [7, 11) is 0. The van der Waals surface area contributed by atoms with Crippen LogP contribution in [0, 0.1) is 0 Å². The number of carbonyl (C=O) groups is 3. The van der Waals surface area contributed by atoms with E-state index in [2.05, 4.69) is 19.8 Å². The van der Waals surface area contributed by atoms with Gasteiger partial charge in [-0.15, -0.1) is 11.8 Å². The summed E-state index contributed by atoms with van der Waals surface area (Å²) < 4.78 is 5.90. The Morgan fingerprint density at radius 3 is 2.94 bits per heavy atom. The van der Waals surface area contributed by atoms with Gasteiger partial charge in [0, 0.05) is 40.2 Å². The number of hydrogen-bond acceptors (Lipinski definition) is 11. The molecule has 1 saturated heterocycles. The monoisotopic (exact) mass is 550 g/mol. The van der Waals surface area contributed by atoms with Crippen molar-refractivity contribution in [3.63, 3.8) is 0 Å². The fourth-order valence-electron chi connectivity index (χ4n) is 3.81. The summed E-state index contributed by atoms with van der Waals surface area (Å²) in [5.41, 5.74) is 7.09. The number of nitrogens with one attached hydrogen (secondary N) is 1. The number of hydrogen-bond donors (Lipinski definition) is 3. The number of aliphatic carboxylic acids is 1. The van der Waals surface area contributed by atoms with Gasteiger partial charge in [-0.3, -0.25) is 14.5 Å². The minimum absolute atomic E-state index is 0.0162. The molecule has 2 aliphatic heterocycles. The first-order valence-electron chi connectivity index (χ1n) is 10.8. The first-order chi connectivity index (χ1) is 17.3. The Morgan fingerprint density at radius 1 is 1.47 bits per heavy atom. The molecule has 190 valence electrons. The Kier molecular flexibility index (Phi) is 8.11. The standard InChI is InChI=1S/C21H23N7O5S3/c1-3-33-25-13(16-24-21(22)36-26-16)17(29)23-14-18(30)28-15(20(31)32)12(10-35-19(14)28)8-27-6-4-5-11(7-27)9-34-2/h4-7,14,19H,3,8-10H2,1-2H3,(H3-,22,23,24,26,29,31,32)/p+1/b25-13-/t14?,19-/m1/s1. The van der Waals surface area contributed by atoms with Crippen molar-refractivity contribution >= 4 is 63.7 Å². The van der Waals surface area contributed by atoms with Gasteiger partial charge in [0.05, 0.1) is 0 Å². The number of nitrogens with zero attached hydrogens (tertiary/aromatic N) is 5. The number of aromatic nitrogens is 3. The van der Waals surface area contributed by atoms with E-state index >= 15 is 0 Å². The molecule has 4 rings (SSSR count). The molecule has 0 bridgehead atoms. The number of nitrogens with two attached hydrogens (primary N) is 1. The van der Waals surface area contributed by atoms with Gasteiger partial charge >= 0.3 is 5.97 Å². The molecule has 4 N–H and O–H groups in total. The topological polar surface area (TPSA) is 164 Å². The summed E-state index contributed by atoms with van der Waals surface area (Å²) in [6, 6.07) is 2.99. The number of oxime groups is 1. The molecule has 2 amide bonds. The lowest BCUT2D eigenvalue weighted by atomic mass is 10.0. The molecule has 0 radical (unpaired) electrons.